The standard InChI is InChI=1S/C25H20FN3O4/c1-2-14-9-17(11-18(10-14)32-8-7-26)25-28-24(29-33-25)16-4-6-21-20(12-16)19-5-3-15(13-22(30)31)23(19)27-21/h1,4,6,9-12,15,27H,3,5,7-8,13H2,(H,30,31). The van der Waals surface area contributed by atoms with Gasteiger partial charge in [-0.15, -0.1) is 6.42 Å². The molecule has 0 saturated carbocycles. The van der Waals surface area contributed by atoms with Crippen molar-refractivity contribution in [3.8, 4) is 40.9 Å². The molecule has 2 aromatic carbocycles. The Balaban J connectivity index is 1.48. The van der Waals surface area contributed by atoms with Crippen molar-refractivity contribution in [2.24, 2.45) is 0 Å². The van der Waals surface area contributed by atoms with Gasteiger partial charge < -0.3 is 19.4 Å². The number of H-pyrrole nitrogens is 1. The lowest BCUT2D eigenvalue weighted by Crippen LogP contribution is -2.03. The van der Waals surface area contributed by atoms with Gasteiger partial charge in [0.1, 0.15) is 19.0 Å². The van der Waals surface area contributed by atoms with Gasteiger partial charge in [-0.25, -0.2) is 4.39 Å². The van der Waals surface area contributed by atoms with Crippen LogP contribution in [-0.4, -0.2) is 39.5 Å². The maximum Gasteiger partial charge on any atom is 0.304 e. The number of hydrogen-bond acceptors (Lipinski definition) is 5. The fraction of sp³-hybridized carbons (Fsp3) is 0.240. The number of nitrogens with one attached hydrogen (secondary N) is 1. The SMILES string of the molecule is C#Cc1cc(OCCF)cc(-c2nc(-c3ccc4[nH]c5c(c4c3)CCC5CC(=O)O)no2)c1. The third kappa shape index (κ3) is 3.94. The highest BCUT2D eigenvalue weighted by molar-refractivity contribution is 5.89. The van der Waals surface area contributed by atoms with E-state index >= 15 is 0 Å². The molecule has 33 heavy (non-hydrogen) atoms. The van der Waals surface area contributed by atoms with E-state index in [4.69, 9.17) is 15.7 Å². The molecule has 7 nitrogen and oxygen atoms in total. The van der Waals surface area contributed by atoms with Gasteiger partial charge in [0.2, 0.25) is 5.82 Å². The van der Waals surface area contributed by atoms with Crippen LogP contribution in [0.1, 0.15) is 35.6 Å². The highest BCUT2D eigenvalue weighted by atomic mass is 19.1. The van der Waals surface area contributed by atoms with Crippen molar-refractivity contribution in [2.75, 3.05) is 13.3 Å². The van der Waals surface area contributed by atoms with Gasteiger partial charge in [0, 0.05) is 39.2 Å². The number of carboxylic acid groups (broad SMARTS) is 1. The Morgan fingerprint density at radius 1 is 1.30 bits per heavy atom. The van der Waals surface area contributed by atoms with E-state index < -0.39 is 12.6 Å². The Labute approximate surface area is 188 Å². The van der Waals surface area contributed by atoms with E-state index in [-0.39, 0.29) is 24.8 Å². The van der Waals surface area contributed by atoms with Crippen molar-refractivity contribution in [1.29, 1.82) is 0 Å². The molecular weight excluding hydrogens is 425 g/mol. The van der Waals surface area contributed by atoms with E-state index in [2.05, 4.69) is 21.0 Å². The lowest BCUT2D eigenvalue weighted by Gasteiger charge is -2.05. The van der Waals surface area contributed by atoms with Gasteiger partial charge in [0.15, 0.2) is 0 Å². The minimum Gasteiger partial charge on any atom is -0.491 e. The number of rotatable bonds is 7. The number of hydrogen-bond donors (Lipinski definition) is 2. The Morgan fingerprint density at radius 2 is 2.18 bits per heavy atom. The molecule has 0 radical (unpaired) electrons. The fourth-order valence-corrected chi connectivity index (χ4v) is 4.41. The second-order valence-electron chi connectivity index (χ2n) is 7.96. The van der Waals surface area contributed by atoms with Crippen molar-refractivity contribution in [2.45, 2.75) is 25.2 Å². The summed E-state index contributed by atoms with van der Waals surface area (Å²) in [6, 6.07) is 10.9. The summed E-state index contributed by atoms with van der Waals surface area (Å²) in [6.07, 6.45) is 7.30. The third-order valence-electron chi connectivity index (χ3n) is 5.86. The van der Waals surface area contributed by atoms with E-state index in [1.807, 2.05) is 18.2 Å². The van der Waals surface area contributed by atoms with Crippen LogP contribution in [0.3, 0.4) is 0 Å². The molecule has 2 heterocycles. The van der Waals surface area contributed by atoms with Gasteiger partial charge >= 0.3 is 5.97 Å². The molecule has 5 rings (SSSR count). The number of carbonyl (C=O) groups is 1. The van der Waals surface area contributed by atoms with Crippen LogP contribution in [0.4, 0.5) is 4.39 Å². The highest BCUT2D eigenvalue weighted by Crippen LogP contribution is 2.40. The third-order valence-corrected chi connectivity index (χ3v) is 5.86. The molecule has 8 heteroatoms. The number of fused-ring (bicyclic) bond motifs is 3. The summed E-state index contributed by atoms with van der Waals surface area (Å²) in [6.45, 7) is -0.681. The van der Waals surface area contributed by atoms with Crippen molar-refractivity contribution < 1.29 is 23.6 Å². The molecule has 166 valence electrons. The summed E-state index contributed by atoms with van der Waals surface area (Å²) < 4.78 is 23.3. The Kier molecular flexibility index (Phi) is 5.31. The largest absolute Gasteiger partial charge is 0.491 e. The number of ether oxygens (including phenoxy) is 1. The van der Waals surface area contributed by atoms with Crippen molar-refractivity contribution in [3.05, 3.63) is 53.2 Å². The lowest BCUT2D eigenvalue weighted by atomic mass is 10.0. The van der Waals surface area contributed by atoms with Crippen LogP contribution in [0, 0.1) is 12.3 Å². The first-order chi connectivity index (χ1) is 16.1. The number of aliphatic carboxylic acids is 1. The van der Waals surface area contributed by atoms with Crippen LogP contribution in [-0.2, 0) is 11.2 Å². The molecule has 0 aliphatic heterocycles. The number of terminal acetylenes is 1. The van der Waals surface area contributed by atoms with Crippen LogP contribution >= 0.6 is 0 Å². The first-order valence-electron chi connectivity index (χ1n) is 10.6. The molecule has 0 amide bonds. The van der Waals surface area contributed by atoms with E-state index in [1.54, 1.807) is 18.2 Å². The zero-order valence-corrected chi connectivity index (χ0v) is 17.6. The normalized spacial score (nSPS) is 14.8. The average Bonchev–Trinajstić information content (AvgIpc) is 3.53. The molecule has 1 unspecified atom stereocenters. The number of carboxylic acids is 1. The van der Waals surface area contributed by atoms with Crippen molar-refractivity contribution >= 4 is 16.9 Å². The van der Waals surface area contributed by atoms with E-state index in [9.17, 15) is 14.3 Å². The van der Waals surface area contributed by atoms with E-state index in [0.717, 1.165) is 40.6 Å². The van der Waals surface area contributed by atoms with Crippen LogP contribution in [0.2, 0.25) is 0 Å². The summed E-state index contributed by atoms with van der Waals surface area (Å²) in [7, 11) is 0. The number of nitrogens with zero attached hydrogens (tertiary/aromatic N) is 2. The number of alkyl halides is 1. The lowest BCUT2D eigenvalue weighted by molar-refractivity contribution is -0.137. The number of aryl methyl sites for hydroxylation is 1. The Hall–Kier alpha value is -4.12. The molecular formula is C25H20FN3O4. The van der Waals surface area contributed by atoms with Gasteiger partial charge in [-0.05, 0) is 54.8 Å². The molecule has 1 atom stereocenters. The predicted octanol–water partition coefficient (Wildman–Crippen LogP) is 4.72. The van der Waals surface area contributed by atoms with Crippen molar-refractivity contribution in [1.82, 2.24) is 15.1 Å². The number of aromatic nitrogens is 3. The van der Waals surface area contributed by atoms with Crippen LogP contribution in [0.5, 0.6) is 5.75 Å². The zero-order chi connectivity index (χ0) is 22.9. The van der Waals surface area contributed by atoms with Crippen LogP contribution in [0.15, 0.2) is 40.9 Å². The van der Waals surface area contributed by atoms with Gasteiger partial charge in [-0.3, -0.25) is 4.79 Å². The second kappa shape index (κ2) is 8.43. The smallest absolute Gasteiger partial charge is 0.304 e. The fourth-order valence-electron chi connectivity index (χ4n) is 4.41. The number of benzene rings is 2. The summed E-state index contributed by atoms with van der Waals surface area (Å²) >= 11 is 0. The first-order valence-corrected chi connectivity index (χ1v) is 10.6. The van der Waals surface area contributed by atoms with Gasteiger partial charge in [0.05, 0.1) is 6.42 Å². The number of aromatic amines is 1. The number of halogens is 1. The quantitative estimate of drug-likeness (QED) is 0.399. The first kappa shape index (κ1) is 20.8. The summed E-state index contributed by atoms with van der Waals surface area (Å²) in [4.78, 5) is 19.1. The maximum absolute atomic E-state index is 12.5. The molecule has 2 aromatic heterocycles. The molecule has 0 bridgehead atoms. The van der Waals surface area contributed by atoms with Gasteiger partial charge in [0.25, 0.3) is 5.89 Å². The highest BCUT2D eigenvalue weighted by Gasteiger charge is 2.28. The minimum atomic E-state index is -0.793. The molecule has 1 aliphatic rings. The summed E-state index contributed by atoms with van der Waals surface area (Å²) in [5.41, 5.74) is 5.03. The van der Waals surface area contributed by atoms with Crippen molar-refractivity contribution in [3.63, 3.8) is 0 Å². The average molecular weight is 445 g/mol. The molecule has 0 saturated heterocycles. The maximum atomic E-state index is 12.5. The van der Waals surface area contributed by atoms with Crippen LogP contribution < -0.4 is 4.74 Å². The minimum absolute atomic E-state index is 0.00219. The van der Waals surface area contributed by atoms with E-state index in [0.29, 0.717) is 22.7 Å². The van der Waals surface area contributed by atoms with Gasteiger partial charge in [-0.2, -0.15) is 4.98 Å². The molecule has 0 fully saturated rings. The Bertz CT molecular complexity index is 1400. The molecule has 2 N–H and O–H groups in total. The van der Waals surface area contributed by atoms with Crippen LogP contribution in [0.25, 0.3) is 33.7 Å². The monoisotopic (exact) mass is 445 g/mol. The molecule has 0 spiro atoms. The summed E-state index contributed by atoms with van der Waals surface area (Å²) in [5, 5.41) is 14.3. The zero-order valence-electron chi connectivity index (χ0n) is 17.6. The topological polar surface area (TPSA) is 101 Å². The Morgan fingerprint density at radius 3 is 2.97 bits per heavy atom. The molecule has 4 aromatic rings. The van der Waals surface area contributed by atoms with E-state index in [1.165, 1.54) is 0 Å². The summed E-state index contributed by atoms with van der Waals surface area (Å²) in [5.74, 6) is 2.87. The second-order valence-corrected chi connectivity index (χ2v) is 7.96. The predicted molar refractivity (Wildman–Crippen MR) is 120 cm³/mol. The van der Waals surface area contributed by atoms with Gasteiger partial charge in [-0.1, -0.05) is 11.1 Å². The molecule has 1 aliphatic carbocycles.